The summed E-state index contributed by atoms with van der Waals surface area (Å²) in [5.41, 5.74) is 1.07. The number of benzene rings is 2. The molecule has 0 spiro atoms. The number of anilines is 2. The Hall–Kier alpha value is -3.00. The number of rotatable bonds is 2. The average molecular weight is 359 g/mol. The van der Waals surface area contributed by atoms with Crippen molar-refractivity contribution in [2.24, 2.45) is 0 Å². The van der Waals surface area contributed by atoms with Crippen LogP contribution in [0.1, 0.15) is 4.88 Å². The van der Waals surface area contributed by atoms with E-state index in [9.17, 15) is 13.6 Å². The van der Waals surface area contributed by atoms with Crippen LogP contribution in [-0.2, 0) is 6.61 Å². The van der Waals surface area contributed by atoms with E-state index >= 15 is 0 Å². The molecule has 2 heterocycles. The van der Waals surface area contributed by atoms with Crippen molar-refractivity contribution in [3.63, 3.8) is 0 Å². The van der Waals surface area contributed by atoms with Crippen LogP contribution in [0, 0.1) is 11.6 Å². The lowest BCUT2D eigenvalue weighted by molar-refractivity contribution is 0.262. The third-order valence-corrected chi connectivity index (χ3v) is 4.56. The maximum atomic E-state index is 13.6. The third-order valence-electron chi connectivity index (χ3n) is 3.62. The monoisotopic (exact) mass is 359 g/mol. The first kappa shape index (κ1) is 15.5. The van der Waals surface area contributed by atoms with Crippen molar-refractivity contribution < 1.29 is 18.3 Å². The number of ether oxygens (including phenoxy) is 1. The van der Waals surface area contributed by atoms with Crippen molar-refractivity contribution >= 4 is 28.2 Å². The largest absolute Gasteiger partial charge is 0.487 e. The molecule has 0 fully saturated rings. The van der Waals surface area contributed by atoms with Crippen molar-refractivity contribution in [1.29, 1.82) is 0 Å². The number of aromatic nitrogens is 1. The topological polar surface area (TPSA) is 63.2 Å². The Morgan fingerprint density at radius 2 is 1.84 bits per heavy atom. The molecule has 2 amide bonds. The highest BCUT2D eigenvalue weighted by molar-refractivity contribution is 7.16. The molecule has 0 unspecified atom stereocenters. The number of thiazole rings is 1. The van der Waals surface area contributed by atoms with E-state index in [0.29, 0.717) is 11.7 Å². The van der Waals surface area contributed by atoms with Gasteiger partial charge in [-0.1, -0.05) is 29.5 Å². The van der Waals surface area contributed by atoms with E-state index in [1.54, 1.807) is 0 Å². The highest BCUT2D eigenvalue weighted by Gasteiger charge is 2.22. The second kappa shape index (κ2) is 6.14. The van der Waals surface area contributed by atoms with Gasteiger partial charge < -0.3 is 10.1 Å². The van der Waals surface area contributed by atoms with Gasteiger partial charge in [0.2, 0.25) is 0 Å². The van der Waals surface area contributed by atoms with Crippen molar-refractivity contribution in [3.05, 3.63) is 59.0 Å². The molecule has 0 atom stereocenters. The predicted octanol–water partition coefficient (Wildman–Crippen LogP) is 4.62. The molecule has 1 aliphatic heterocycles. The highest BCUT2D eigenvalue weighted by Crippen LogP contribution is 2.40. The first-order valence-electron chi connectivity index (χ1n) is 7.36. The van der Waals surface area contributed by atoms with Crippen molar-refractivity contribution in [2.75, 3.05) is 10.6 Å². The van der Waals surface area contributed by atoms with E-state index in [1.165, 1.54) is 17.4 Å². The van der Waals surface area contributed by atoms with Gasteiger partial charge >= 0.3 is 6.03 Å². The zero-order chi connectivity index (χ0) is 17.4. The van der Waals surface area contributed by atoms with E-state index in [-0.39, 0.29) is 0 Å². The molecule has 4 rings (SSSR count). The Morgan fingerprint density at radius 3 is 2.64 bits per heavy atom. The van der Waals surface area contributed by atoms with Gasteiger partial charge in [0.15, 0.2) is 5.13 Å². The summed E-state index contributed by atoms with van der Waals surface area (Å²) in [7, 11) is 0. The van der Waals surface area contributed by atoms with E-state index in [0.717, 1.165) is 34.0 Å². The fourth-order valence-electron chi connectivity index (χ4n) is 2.50. The van der Waals surface area contributed by atoms with E-state index in [4.69, 9.17) is 4.74 Å². The summed E-state index contributed by atoms with van der Waals surface area (Å²) < 4.78 is 32.8. The number of nitrogens with one attached hydrogen (secondary N) is 2. The van der Waals surface area contributed by atoms with Crippen LogP contribution >= 0.6 is 11.3 Å². The zero-order valence-corrected chi connectivity index (χ0v) is 13.5. The Balaban J connectivity index is 1.55. The van der Waals surface area contributed by atoms with Crippen molar-refractivity contribution in [2.45, 2.75) is 6.61 Å². The number of nitrogens with zero attached hydrogens (tertiary/aromatic N) is 1. The zero-order valence-electron chi connectivity index (χ0n) is 12.7. The molecule has 1 aromatic heterocycles. The lowest BCUT2D eigenvalue weighted by Crippen LogP contribution is -2.20. The van der Waals surface area contributed by atoms with Gasteiger partial charge in [-0.3, -0.25) is 5.32 Å². The standard InChI is InChI=1S/C17H11F2N3O2S/c18-10-5-3-6-11(19)15(10)20-16(23)22-17-21-14-9-4-1-2-7-12(9)24-8-13(14)25-17/h1-7H,8H2,(H2,20,21,22,23). The summed E-state index contributed by atoms with van der Waals surface area (Å²) in [5, 5.41) is 4.98. The normalized spacial score (nSPS) is 11.9. The Labute approximate surface area is 145 Å². The fourth-order valence-corrected chi connectivity index (χ4v) is 3.39. The lowest BCUT2D eigenvalue weighted by Gasteiger charge is -2.15. The quantitative estimate of drug-likeness (QED) is 0.701. The second-order valence-corrected chi connectivity index (χ2v) is 6.34. The molecule has 2 aromatic carbocycles. The third kappa shape index (κ3) is 2.91. The maximum Gasteiger partial charge on any atom is 0.325 e. The first-order chi connectivity index (χ1) is 12.1. The van der Waals surface area contributed by atoms with Gasteiger partial charge in [-0.05, 0) is 24.3 Å². The number of carbonyl (C=O) groups excluding carboxylic acids is 1. The predicted molar refractivity (Wildman–Crippen MR) is 90.9 cm³/mol. The Morgan fingerprint density at radius 1 is 1.08 bits per heavy atom. The highest BCUT2D eigenvalue weighted by atomic mass is 32.1. The van der Waals surface area contributed by atoms with Crippen molar-refractivity contribution in [3.8, 4) is 17.0 Å². The van der Waals surface area contributed by atoms with Crippen molar-refractivity contribution in [1.82, 2.24) is 4.98 Å². The molecule has 0 saturated heterocycles. The molecular weight excluding hydrogens is 348 g/mol. The van der Waals surface area contributed by atoms with Crippen LogP contribution in [-0.4, -0.2) is 11.0 Å². The summed E-state index contributed by atoms with van der Waals surface area (Å²) in [5.74, 6) is -0.975. The van der Waals surface area contributed by atoms with E-state index in [1.807, 2.05) is 24.3 Å². The van der Waals surface area contributed by atoms with E-state index in [2.05, 4.69) is 15.6 Å². The molecule has 3 aromatic rings. The molecule has 2 N–H and O–H groups in total. The molecule has 1 aliphatic rings. The SMILES string of the molecule is O=C(Nc1nc2c(s1)COc1ccccc1-2)Nc1c(F)cccc1F. The van der Waals surface area contributed by atoms with Gasteiger partial charge in [0.25, 0.3) is 0 Å². The minimum atomic E-state index is -0.851. The van der Waals surface area contributed by atoms with Crippen LogP contribution < -0.4 is 15.4 Å². The number of urea groups is 1. The number of carbonyl (C=O) groups is 1. The molecule has 0 aliphatic carbocycles. The summed E-state index contributed by atoms with van der Waals surface area (Å²) in [6, 6.07) is 10.0. The molecule has 0 radical (unpaired) electrons. The van der Waals surface area contributed by atoms with Gasteiger partial charge in [0.1, 0.15) is 29.7 Å². The number of halogens is 2. The van der Waals surface area contributed by atoms with Crippen LogP contribution in [0.25, 0.3) is 11.3 Å². The molecule has 25 heavy (non-hydrogen) atoms. The lowest BCUT2D eigenvalue weighted by atomic mass is 10.1. The van der Waals surface area contributed by atoms with Gasteiger partial charge in [-0.25, -0.2) is 18.6 Å². The van der Waals surface area contributed by atoms with Crippen LogP contribution in [0.5, 0.6) is 5.75 Å². The molecule has 0 saturated carbocycles. The molecule has 5 nitrogen and oxygen atoms in total. The molecule has 0 bridgehead atoms. The molecule has 8 heteroatoms. The average Bonchev–Trinajstić information content (AvgIpc) is 3.01. The summed E-state index contributed by atoms with van der Waals surface area (Å²) in [4.78, 5) is 17.3. The number of hydrogen-bond acceptors (Lipinski definition) is 4. The summed E-state index contributed by atoms with van der Waals surface area (Å²) in [6.45, 7) is 0.356. The number of amides is 2. The summed E-state index contributed by atoms with van der Waals surface area (Å²) in [6.07, 6.45) is 0. The van der Waals surface area contributed by atoms with E-state index < -0.39 is 23.4 Å². The number of para-hydroxylation sites is 2. The minimum absolute atomic E-state index is 0.319. The number of hydrogen-bond donors (Lipinski definition) is 2. The molecular formula is C17H11F2N3O2S. The van der Waals surface area contributed by atoms with Crippen LogP contribution in [0.15, 0.2) is 42.5 Å². The second-order valence-electron chi connectivity index (χ2n) is 5.25. The minimum Gasteiger partial charge on any atom is -0.487 e. The summed E-state index contributed by atoms with van der Waals surface area (Å²) >= 11 is 1.25. The maximum absolute atomic E-state index is 13.6. The smallest absolute Gasteiger partial charge is 0.325 e. The van der Waals surface area contributed by atoms with Crippen LogP contribution in [0.4, 0.5) is 24.4 Å². The van der Waals surface area contributed by atoms with Gasteiger partial charge in [0, 0.05) is 5.56 Å². The van der Waals surface area contributed by atoms with Crippen LogP contribution in [0.3, 0.4) is 0 Å². The number of fused-ring (bicyclic) bond motifs is 3. The Kier molecular flexibility index (Phi) is 3.81. The van der Waals surface area contributed by atoms with Crippen LogP contribution in [0.2, 0.25) is 0 Å². The Bertz CT molecular complexity index is 954. The molecule has 126 valence electrons. The van der Waals surface area contributed by atoms with Gasteiger partial charge in [-0.2, -0.15) is 0 Å². The van der Waals surface area contributed by atoms with Gasteiger partial charge in [0.05, 0.1) is 10.6 Å². The van der Waals surface area contributed by atoms with Gasteiger partial charge in [-0.15, -0.1) is 0 Å². The fraction of sp³-hybridized carbons (Fsp3) is 0.0588. The first-order valence-corrected chi connectivity index (χ1v) is 8.17.